The zero-order chi connectivity index (χ0) is 18.9. The lowest BCUT2D eigenvalue weighted by atomic mass is 10.1. The van der Waals surface area contributed by atoms with Crippen molar-refractivity contribution < 1.29 is 4.52 Å². The number of anilines is 2. The summed E-state index contributed by atoms with van der Waals surface area (Å²) >= 11 is 6.02. The summed E-state index contributed by atoms with van der Waals surface area (Å²) < 4.78 is 5.47. The van der Waals surface area contributed by atoms with Crippen LogP contribution in [0.3, 0.4) is 0 Å². The summed E-state index contributed by atoms with van der Waals surface area (Å²) in [5.41, 5.74) is 2.14. The Bertz CT molecular complexity index is 1090. The number of hydrogen-bond donors (Lipinski definition) is 0. The first-order valence-corrected chi connectivity index (χ1v) is 9.44. The van der Waals surface area contributed by atoms with Crippen LogP contribution < -0.4 is 9.80 Å². The summed E-state index contributed by atoms with van der Waals surface area (Å²) in [5.74, 6) is 1.85. The first kappa shape index (κ1) is 16.9. The van der Waals surface area contributed by atoms with Gasteiger partial charge in [-0.3, -0.25) is 0 Å². The Labute approximate surface area is 166 Å². The van der Waals surface area contributed by atoms with Crippen molar-refractivity contribution in [2.24, 2.45) is 0 Å². The molecule has 0 N–H and O–H groups in total. The van der Waals surface area contributed by atoms with Gasteiger partial charge in [0, 0.05) is 43.0 Å². The highest BCUT2D eigenvalue weighted by molar-refractivity contribution is 6.30. The fraction of sp³-hybridized carbons (Fsp3) is 0.200. The van der Waals surface area contributed by atoms with Crippen molar-refractivity contribution in [1.29, 1.82) is 0 Å². The van der Waals surface area contributed by atoms with E-state index in [4.69, 9.17) is 16.1 Å². The number of halogens is 1. The number of benzene rings is 1. The number of aromatic nitrogens is 4. The van der Waals surface area contributed by atoms with E-state index >= 15 is 0 Å². The number of hydrogen-bond acceptors (Lipinski definition) is 7. The first-order valence-electron chi connectivity index (χ1n) is 9.07. The van der Waals surface area contributed by atoms with Crippen LogP contribution in [0.2, 0.25) is 5.02 Å². The Morgan fingerprint density at radius 1 is 0.857 bits per heavy atom. The number of pyridine rings is 1. The highest BCUT2D eigenvalue weighted by atomic mass is 35.5. The van der Waals surface area contributed by atoms with E-state index in [1.807, 2.05) is 48.7 Å². The fourth-order valence-corrected chi connectivity index (χ4v) is 3.63. The number of rotatable bonds is 3. The normalized spacial score (nSPS) is 14.6. The molecule has 1 saturated heterocycles. The van der Waals surface area contributed by atoms with Crippen molar-refractivity contribution in [3.8, 4) is 11.3 Å². The van der Waals surface area contributed by atoms with E-state index in [-0.39, 0.29) is 0 Å². The zero-order valence-electron chi connectivity index (χ0n) is 15.0. The minimum atomic E-state index is 0.488. The molecule has 0 unspecified atom stereocenters. The van der Waals surface area contributed by atoms with Crippen LogP contribution in [-0.4, -0.2) is 46.3 Å². The largest absolute Gasteiger partial charge is 0.353 e. The summed E-state index contributed by atoms with van der Waals surface area (Å²) in [6, 6.07) is 13.5. The predicted octanol–water partition coefficient (Wildman–Crippen LogP) is 3.66. The van der Waals surface area contributed by atoms with Crippen molar-refractivity contribution in [3.63, 3.8) is 0 Å². The first-order chi connectivity index (χ1) is 13.8. The van der Waals surface area contributed by atoms with E-state index < -0.39 is 0 Å². The lowest BCUT2D eigenvalue weighted by molar-refractivity contribution is 0.451. The van der Waals surface area contributed by atoms with E-state index in [2.05, 4.69) is 29.9 Å². The average Bonchev–Trinajstić information content (AvgIpc) is 3.19. The van der Waals surface area contributed by atoms with Crippen LogP contribution in [0.25, 0.3) is 22.4 Å². The number of piperazine rings is 1. The monoisotopic (exact) mass is 392 g/mol. The molecule has 1 fully saturated rings. The van der Waals surface area contributed by atoms with Gasteiger partial charge in [-0.05, 0) is 24.3 Å². The second-order valence-corrected chi connectivity index (χ2v) is 7.01. The molecule has 140 valence electrons. The average molecular weight is 393 g/mol. The van der Waals surface area contributed by atoms with Gasteiger partial charge in [0.05, 0.1) is 0 Å². The molecule has 0 aliphatic carbocycles. The molecule has 8 heteroatoms. The SMILES string of the molecule is Clc1ccc(-c2noc3ncnc(N4CCN(c5ccccn5)CC4)c23)cc1. The molecular weight excluding hydrogens is 376 g/mol. The third-order valence-corrected chi connectivity index (χ3v) is 5.17. The molecule has 5 rings (SSSR count). The van der Waals surface area contributed by atoms with Crippen molar-refractivity contribution in [1.82, 2.24) is 20.1 Å². The summed E-state index contributed by atoms with van der Waals surface area (Å²) in [4.78, 5) is 17.8. The third kappa shape index (κ3) is 3.03. The van der Waals surface area contributed by atoms with E-state index in [0.717, 1.165) is 54.5 Å². The van der Waals surface area contributed by atoms with Crippen LogP contribution in [0, 0.1) is 0 Å². The van der Waals surface area contributed by atoms with Crippen LogP contribution >= 0.6 is 11.6 Å². The third-order valence-electron chi connectivity index (χ3n) is 4.92. The van der Waals surface area contributed by atoms with Gasteiger partial charge in [0.1, 0.15) is 29.0 Å². The summed E-state index contributed by atoms with van der Waals surface area (Å²) in [5, 5.41) is 5.75. The molecule has 3 aromatic heterocycles. The van der Waals surface area contributed by atoms with Crippen LogP contribution in [0.5, 0.6) is 0 Å². The Balaban J connectivity index is 1.47. The predicted molar refractivity (Wildman–Crippen MR) is 109 cm³/mol. The lowest BCUT2D eigenvalue weighted by Crippen LogP contribution is -2.47. The van der Waals surface area contributed by atoms with Gasteiger partial charge in [-0.25, -0.2) is 9.97 Å². The topological polar surface area (TPSA) is 71.2 Å². The summed E-state index contributed by atoms with van der Waals surface area (Å²) in [6.07, 6.45) is 3.35. The molecular formula is C20H17ClN6O. The van der Waals surface area contributed by atoms with Crippen molar-refractivity contribution in [2.75, 3.05) is 36.0 Å². The quantitative estimate of drug-likeness (QED) is 0.526. The lowest BCUT2D eigenvalue weighted by Gasteiger charge is -2.36. The Morgan fingerprint density at radius 2 is 1.64 bits per heavy atom. The Kier molecular flexibility index (Phi) is 4.29. The second kappa shape index (κ2) is 7.09. The van der Waals surface area contributed by atoms with Gasteiger partial charge >= 0.3 is 0 Å². The van der Waals surface area contributed by atoms with E-state index in [1.54, 1.807) is 0 Å². The fourth-order valence-electron chi connectivity index (χ4n) is 3.50. The molecule has 0 bridgehead atoms. The zero-order valence-corrected chi connectivity index (χ0v) is 15.8. The highest BCUT2D eigenvalue weighted by Crippen LogP contribution is 2.34. The summed E-state index contributed by atoms with van der Waals surface area (Å²) in [7, 11) is 0. The maximum absolute atomic E-state index is 6.02. The van der Waals surface area contributed by atoms with E-state index in [9.17, 15) is 0 Å². The minimum Gasteiger partial charge on any atom is -0.353 e. The van der Waals surface area contributed by atoms with Crippen LogP contribution in [-0.2, 0) is 0 Å². The van der Waals surface area contributed by atoms with Gasteiger partial charge in [0.15, 0.2) is 0 Å². The van der Waals surface area contributed by atoms with E-state index in [1.165, 1.54) is 6.33 Å². The van der Waals surface area contributed by atoms with Gasteiger partial charge in [-0.1, -0.05) is 35.0 Å². The molecule has 0 saturated carbocycles. The molecule has 0 amide bonds. The number of fused-ring (bicyclic) bond motifs is 1. The standard InChI is InChI=1S/C20H17ClN6O/c21-15-6-4-14(5-7-15)18-17-19(23-13-24-20(17)28-25-18)27-11-9-26(10-12-27)16-3-1-2-8-22-16/h1-8,13H,9-12H2. The molecule has 1 aromatic carbocycles. The smallest absolute Gasteiger partial charge is 0.263 e. The van der Waals surface area contributed by atoms with Gasteiger partial charge in [-0.2, -0.15) is 4.98 Å². The Hall–Kier alpha value is -3.19. The van der Waals surface area contributed by atoms with Crippen LogP contribution in [0.15, 0.2) is 59.5 Å². The van der Waals surface area contributed by atoms with E-state index in [0.29, 0.717) is 10.7 Å². The number of nitrogens with zero attached hydrogens (tertiary/aromatic N) is 6. The highest BCUT2D eigenvalue weighted by Gasteiger charge is 2.24. The maximum atomic E-state index is 6.02. The maximum Gasteiger partial charge on any atom is 0.263 e. The molecule has 7 nitrogen and oxygen atoms in total. The van der Waals surface area contributed by atoms with Gasteiger partial charge in [0.25, 0.3) is 5.71 Å². The van der Waals surface area contributed by atoms with Gasteiger partial charge < -0.3 is 14.3 Å². The Morgan fingerprint density at radius 3 is 2.39 bits per heavy atom. The van der Waals surface area contributed by atoms with Crippen molar-refractivity contribution >= 4 is 34.3 Å². The van der Waals surface area contributed by atoms with Crippen LogP contribution in [0.4, 0.5) is 11.6 Å². The van der Waals surface area contributed by atoms with Crippen molar-refractivity contribution in [3.05, 3.63) is 60.0 Å². The molecule has 1 aliphatic rings. The molecule has 0 radical (unpaired) electrons. The summed E-state index contributed by atoms with van der Waals surface area (Å²) in [6.45, 7) is 3.38. The van der Waals surface area contributed by atoms with Gasteiger partial charge in [-0.15, -0.1) is 0 Å². The molecule has 0 spiro atoms. The molecule has 4 heterocycles. The molecule has 0 atom stereocenters. The molecule has 1 aliphatic heterocycles. The second-order valence-electron chi connectivity index (χ2n) is 6.58. The molecule has 4 aromatic rings. The van der Waals surface area contributed by atoms with Crippen LogP contribution in [0.1, 0.15) is 0 Å². The van der Waals surface area contributed by atoms with Gasteiger partial charge in [0.2, 0.25) is 0 Å². The van der Waals surface area contributed by atoms with Crippen molar-refractivity contribution in [2.45, 2.75) is 0 Å². The molecule has 28 heavy (non-hydrogen) atoms. The minimum absolute atomic E-state index is 0.488.